The molecular weight excluding hydrogens is 146 g/mol. The maximum absolute atomic E-state index is 9.99. The number of hydrogen-bond acceptors (Lipinski definition) is 3. The summed E-state index contributed by atoms with van der Waals surface area (Å²) >= 11 is 1.61. The van der Waals surface area contributed by atoms with Crippen LogP contribution in [0.5, 0.6) is 0 Å². The van der Waals surface area contributed by atoms with Gasteiger partial charge in [0.05, 0.1) is 6.04 Å². The van der Waals surface area contributed by atoms with E-state index in [1.807, 2.05) is 17.5 Å². The van der Waals surface area contributed by atoms with Crippen molar-refractivity contribution in [3.05, 3.63) is 22.4 Å². The second-order valence-electron chi connectivity index (χ2n) is 2.01. The summed E-state index contributed by atoms with van der Waals surface area (Å²) < 4.78 is 0. The fourth-order valence-electron chi connectivity index (χ4n) is 0.687. The molecule has 3 heteroatoms. The monoisotopic (exact) mass is 154 g/mol. The third-order valence-electron chi connectivity index (χ3n) is 1.15. The zero-order valence-corrected chi connectivity index (χ0v) is 6.23. The number of rotatable bonds is 3. The zero-order valence-electron chi connectivity index (χ0n) is 5.41. The SMILES string of the molecule is NC([C]=O)Cc1cccs1. The normalized spacial score (nSPS) is 12.9. The lowest BCUT2D eigenvalue weighted by Crippen LogP contribution is -2.23. The Kier molecular flexibility index (Phi) is 2.59. The molecule has 53 valence electrons. The van der Waals surface area contributed by atoms with Crippen LogP contribution in [0.25, 0.3) is 0 Å². The highest BCUT2D eigenvalue weighted by Crippen LogP contribution is 2.09. The van der Waals surface area contributed by atoms with Gasteiger partial charge in [-0.2, -0.15) is 0 Å². The number of carbonyl (C=O) groups excluding carboxylic acids is 1. The molecule has 1 aromatic heterocycles. The van der Waals surface area contributed by atoms with Gasteiger partial charge in [0.25, 0.3) is 0 Å². The molecule has 2 N–H and O–H groups in total. The van der Waals surface area contributed by atoms with Gasteiger partial charge in [0.2, 0.25) is 6.29 Å². The molecule has 0 aromatic carbocycles. The molecule has 1 heterocycles. The Morgan fingerprint density at radius 1 is 1.80 bits per heavy atom. The van der Waals surface area contributed by atoms with Gasteiger partial charge in [0.15, 0.2) is 0 Å². The second kappa shape index (κ2) is 3.49. The van der Waals surface area contributed by atoms with Gasteiger partial charge >= 0.3 is 0 Å². The van der Waals surface area contributed by atoms with Crippen LogP contribution in [0.2, 0.25) is 0 Å². The molecule has 1 radical (unpaired) electrons. The van der Waals surface area contributed by atoms with Gasteiger partial charge < -0.3 is 5.73 Å². The summed E-state index contributed by atoms with van der Waals surface area (Å²) in [6.07, 6.45) is 2.35. The van der Waals surface area contributed by atoms with E-state index in [1.165, 1.54) is 0 Å². The van der Waals surface area contributed by atoms with E-state index in [2.05, 4.69) is 0 Å². The van der Waals surface area contributed by atoms with Crippen LogP contribution in [-0.4, -0.2) is 12.3 Å². The minimum absolute atomic E-state index is 0.460. The summed E-state index contributed by atoms with van der Waals surface area (Å²) in [5.74, 6) is 0. The minimum atomic E-state index is -0.460. The highest BCUT2D eigenvalue weighted by Gasteiger charge is 2.02. The first-order valence-electron chi connectivity index (χ1n) is 2.98. The van der Waals surface area contributed by atoms with Gasteiger partial charge in [-0.15, -0.1) is 11.3 Å². The van der Waals surface area contributed by atoms with Crippen molar-refractivity contribution in [3.8, 4) is 0 Å². The molecule has 0 aliphatic carbocycles. The van der Waals surface area contributed by atoms with E-state index in [0.717, 1.165) is 4.88 Å². The first-order chi connectivity index (χ1) is 4.83. The quantitative estimate of drug-likeness (QED) is 0.697. The molecule has 1 rings (SSSR count). The molecule has 0 fully saturated rings. The van der Waals surface area contributed by atoms with E-state index in [9.17, 15) is 4.79 Å². The topological polar surface area (TPSA) is 43.1 Å². The van der Waals surface area contributed by atoms with Gasteiger partial charge in [0.1, 0.15) is 0 Å². The van der Waals surface area contributed by atoms with Crippen molar-refractivity contribution in [3.63, 3.8) is 0 Å². The molecule has 0 amide bonds. The highest BCUT2D eigenvalue weighted by molar-refractivity contribution is 7.09. The first kappa shape index (κ1) is 7.44. The lowest BCUT2D eigenvalue weighted by atomic mass is 10.2. The predicted octanol–water partition coefficient (Wildman–Crippen LogP) is 0.728. The van der Waals surface area contributed by atoms with E-state index in [4.69, 9.17) is 5.73 Å². The summed E-state index contributed by atoms with van der Waals surface area (Å²) in [5.41, 5.74) is 5.35. The van der Waals surface area contributed by atoms with Crippen molar-refractivity contribution in [2.75, 3.05) is 0 Å². The summed E-state index contributed by atoms with van der Waals surface area (Å²) in [6, 6.07) is 3.44. The molecule has 0 spiro atoms. The van der Waals surface area contributed by atoms with Crippen molar-refractivity contribution in [2.45, 2.75) is 12.5 Å². The fraction of sp³-hybridized carbons (Fsp3) is 0.286. The average molecular weight is 154 g/mol. The molecule has 10 heavy (non-hydrogen) atoms. The van der Waals surface area contributed by atoms with Crippen LogP contribution in [-0.2, 0) is 11.2 Å². The Balaban J connectivity index is 2.47. The maximum Gasteiger partial charge on any atom is 0.217 e. The van der Waals surface area contributed by atoms with Crippen molar-refractivity contribution >= 4 is 17.6 Å². The molecular formula is C7H8NOS. The van der Waals surface area contributed by atoms with Crippen LogP contribution in [0.3, 0.4) is 0 Å². The van der Waals surface area contributed by atoms with Gasteiger partial charge in [-0.25, -0.2) is 0 Å². The molecule has 0 aliphatic rings. The maximum atomic E-state index is 9.99. The van der Waals surface area contributed by atoms with Crippen molar-refractivity contribution in [1.29, 1.82) is 0 Å². The molecule has 1 unspecified atom stereocenters. The number of thiophene rings is 1. The van der Waals surface area contributed by atoms with Crippen LogP contribution in [0.15, 0.2) is 17.5 Å². The third-order valence-corrected chi connectivity index (χ3v) is 2.05. The highest BCUT2D eigenvalue weighted by atomic mass is 32.1. The summed E-state index contributed by atoms with van der Waals surface area (Å²) in [7, 11) is 0. The Morgan fingerprint density at radius 2 is 2.60 bits per heavy atom. The predicted molar refractivity (Wildman–Crippen MR) is 41.7 cm³/mol. The average Bonchev–Trinajstić information content (AvgIpc) is 2.40. The van der Waals surface area contributed by atoms with E-state index in [0.29, 0.717) is 6.42 Å². The lowest BCUT2D eigenvalue weighted by molar-refractivity contribution is 0.541. The van der Waals surface area contributed by atoms with Gasteiger partial charge in [-0.3, -0.25) is 4.79 Å². The van der Waals surface area contributed by atoms with Crippen LogP contribution >= 0.6 is 11.3 Å². The third kappa shape index (κ3) is 1.93. The Morgan fingerprint density at radius 3 is 3.10 bits per heavy atom. The fourth-order valence-corrected chi connectivity index (χ4v) is 1.45. The number of nitrogens with two attached hydrogens (primary N) is 1. The summed E-state index contributed by atoms with van der Waals surface area (Å²) in [5, 5.41) is 1.97. The smallest absolute Gasteiger partial charge is 0.217 e. The standard InChI is InChI=1S/C7H8NOS/c8-6(5-9)4-7-2-1-3-10-7/h1-3,6H,4,8H2. The first-order valence-corrected chi connectivity index (χ1v) is 3.86. The van der Waals surface area contributed by atoms with Gasteiger partial charge in [0, 0.05) is 11.3 Å². The van der Waals surface area contributed by atoms with Gasteiger partial charge in [-0.1, -0.05) is 6.07 Å². The van der Waals surface area contributed by atoms with E-state index >= 15 is 0 Å². The Bertz CT molecular complexity index is 195. The zero-order chi connectivity index (χ0) is 7.40. The molecule has 0 aliphatic heterocycles. The van der Waals surface area contributed by atoms with Crippen LogP contribution in [0, 0.1) is 0 Å². The molecule has 2 nitrogen and oxygen atoms in total. The summed E-state index contributed by atoms with van der Waals surface area (Å²) in [6.45, 7) is 0. The van der Waals surface area contributed by atoms with E-state index < -0.39 is 6.04 Å². The summed E-state index contributed by atoms with van der Waals surface area (Å²) in [4.78, 5) is 11.1. The largest absolute Gasteiger partial charge is 0.321 e. The molecule has 0 saturated heterocycles. The number of hydrogen-bond donors (Lipinski definition) is 1. The molecule has 1 atom stereocenters. The second-order valence-corrected chi connectivity index (χ2v) is 3.04. The molecule has 0 bridgehead atoms. The van der Waals surface area contributed by atoms with Crippen LogP contribution in [0.1, 0.15) is 4.88 Å². The van der Waals surface area contributed by atoms with Gasteiger partial charge in [-0.05, 0) is 11.4 Å². The van der Waals surface area contributed by atoms with Crippen molar-refractivity contribution in [2.24, 2.45) is 5.73 Å². The van der Waals surface area contributed by atoms with Crippen molar-refractivity contribution in [1.82, 2.24) is 0 Å². The minimum Gasteiger partial charge on any atom is -0.321 e. The van der Waals surface area contributed by atoms with E-state index in [1.54, 1.807) is 17.6 Å². The van der Waals surface area contributed by atoms with E-state index in [-0.39, 0.29) is 0 Å². The Hall–Kier alpha value is -0.670. The molecule has 0 saturated carbocycles. The van der Waals surface area contributed by atoms with Crippen molar-refractivity contribution < 1.29 is 4.79 Å². The van der Waals surface area contributed by atoms with Crippen LogP contribution < -0.4 is 5.73 Å². The van der Waals surface area contributed by atoms with Crippen LogP contribution in [0.4, 0.5) is 0 Å². The lowest BCUT2D eigenvalue weighted by Gasteiger charge is -1.97. The Labute approximate surface area is 63.7 Å². The molecule has 1 aromatic rings.